The summed E-state index contributed by atoms with van der Waals surface area (Å²) >= 11 is 0. The topological polar surface area (TPSA) is 15.8 Å². The van der Waals surface area contributed by atoms with Crippen molar-refractivity contribution in [3.8, 4) is 0 Å². The highest BCUT2D eigenvalue weighted by atomic mass is 14.6. The molecule has 1 heteroatoms. The van der Waals surface area contributed by atoms with Crippen molar-refractivity contribution in [3.05, 3.63) is 22.8 Å². The first-order valence-corrected chi connectivity index (χ1v) is 3.72. The predicted octanol–water partition coefficient (Wildman–Crippen LogP) is 0.616. The molecule has 0 fully saturated rings. The van der Waals surface area contributed by atoms with Crippen LogP contribution in [-0.4, -0.2) is 4.98 Å². The van der Waals surface area contributed by atoms with E-state index in [1.165, 1.54) is 17.0 Å². The molecule has 0 amide bonds. The molecule has 1 atom stereocenters. The maximum Gasteiger partial charge on any atom is 0.0412 e. The lowest BCUT2D eigenvalue weighted by Crippen LogP contribution is -2.26. The Morgan fingerprint density at radius 3 is 3.40 bits per heavy atom. The molecule has 1 N–H and O–H groups in total. The van der Waals surface area contributed by atoms with Crippen molar-refractivity contribution in [2.24, 2.45) is 5.92 Å². The number of hydrogen-bond donors (Lipinski definition) is 1. The van der Waals surface area contributed by atoms with Gasteiger partial charge in [0.1, 0.15) is 0 Å². The molecule has 0 saturated heterocycles. The first-order chi connectivity index (χ1) is 4.86. The van der Waals surface area contributed by atoms with Gasteiger partial charge in [-0.2, -0.15) is 0 Å². The molecule has 1 heterocycles. The summed E-state index contributed by atoms with van der Waals surface area (Å²) in [5, 5.41) is 2.65. The minimum Gasteiger partial charge on any atom is -0.361 e. The lowest BCUT2D eigenvalue weighted by atomic mass is 10.0. The highest BCUT2D eigenvalue weighted by Crippen LogP contribution is 2.04. The molecule has 1 aromatic rings. The fourth-order valence-electron chi connectivity index (χ4n) is 1.38. The Labute approximate surface area is 60.1 Å². The van der Waals surface area contributed by atoms with E-state index in [0.717, 1.165) is 0 Å². The number of hydrogen-bond acceptors (Lipinski definition) is 0. The van der Waals surface area contributed by atoms with Gasteiger partial charge >= 0.3 is 0 Å². The van der Waals surface area contributed by atoms with E-state index in [-0.39, 0.29) is 0 Å². The highest BCUT2D eigenvalue weighted by Gasteiger charge is 1.99. The van der Waals surface area contributed by atoms with Gasteiger partial charge in [0, 0.05) is 11.5 Å². The van der Waals surface area contributed by atoms with Crippen molar-refractivity contribution < 1.29 is 0 Å². The van der Waals surface area contributed by atoms with Gasteiger partial charge in [0.05, 0.1) is 0 Å². The Bertz CT molecular complexity index is 332. The summed E-state index contributed by atoms with van der Waals surface area (Å²) in [5.74, 6) is 0.700. The van der Waals surface area contributed by atoms with Crippen molar-refractivity contribution in [1.82, 2.24) is 4.98 Å². The van der Waals surface area contributed by atoms with Crippen LogP contribution in [0.3, 0.4) is 0 Å². The van der Waals surface area contributed by atoms with Crippen LogP contribution in [0.1, 0.15) is 13.3 Å². The standard InChI is InChI=1S/C9H11N/c1-7-2-3-8-4-5-10-9(8)6-7/h3-7,10H,2H2,1H3. The van der Waals surface area contributed by atoms with Gasteiger partial charge in [0.25, 0.3) is 0 Å². The fourth-order valence-corrected chi connectivity index (χ4v) is 1.38. The molecule has 10 heavy (non-hydrogen) atoms. The van der Waals surface area contributed by atoms with E-state index in [1.807, 2.05) is 6.20 Å². The smallest absolute Gasteiger partial charge is 0.0412 e. The van der Waals surface area contributed by atoms with Crippen molar-refractivity contribution in [3.63, 3.8) is 0 Å². The summed E-state index contributed by atoms with van der Waals surface area (Å²) in [5.41, 5.74) is 0. The van der Waals surface area contributed by atoms with Crippen LogP contribution >= 0.6 is 0 Å². The van der Waals surface area contributed by atoms with E-state index in [0.29, 0.717) is 5.92 Å². The van der Waals surface area contributed by atoms with Crippen LogP contribution in [0, 0.1) is 5.92 Å². The maximum absolute atomic E-state index is 3.20. The number of aromatic amines is 1. The number of rotatable bonds is 0. The first kappa shape index (κ1) is 5.78. The minimum atomic E-state index is 0.700. The van der Waals surface area contributed by atoms with E-state index in [9.17, 15) is 0 Å². The summed E-state index contributed by atoms with van der Waals surface area (Å²) in [6.45, 7) is 2.24. The molecule has 0 saturated carbocycles. The Morgan fingerprint density at radius 2 is 2.50 bits per heavy atom. The monoisotopic (exact) mass is 133 g/mol. The van der Waals surface area contributed by atoms with E-state index in [2.05, 4.69) is 30.1 Å². The molecule has 1 unspecified atom stereocenters. The van der Waals surface area contributed by atoms with Gasteiger partial charge in [-0.25, -0.2) is 0 Å². The van der Waals surface area contributed by atoms with Crippen LogP contribution in [0.15, 0.2) is 12.3 Å². The molecule has 2 rings (SSSR count). The number of nitrogens with one attached hydrogen (secondary N) is 1. The van der Waals surface area contributed by atoms with Gasteiger partial charge in [0.15, 0.2) is 0 Å². The quantitative estimate of drug-likeness (QED) is 0.534. The molecular weight excluding hydrogens is 122 g/mol. The van der Waals surface area contributed by atoms with E-state index >= 15 is 0 Å². The predicted molar refractivity (Wildman–Crippen MR) is 42.8 cm³/mol. The van der Waals surface area contributed by atoms with Crippen LogP contribution in [0.25, 0.3) is 12.2 Å². The zero-order valence-corrected chi connectivity index (χ0v) is 6.09. The van der Waals surface area contributed by atoms with Crippen LogP contribution in [0.4, 0.5) is 0 Å². The van der Waals surface area contributed by atoms with Gasteiger partial charge in [-0.05, 0) is 23.6 Å². The van der Waals surface area contributed by atoms with Gasteiger partial charge in [0.2, 0.25) is 0 Å². The molecule has 0 radical (unpaired) electrons. The van der Waals surface area contributed by atoms with Crippen LogP contribution in [-0.2, 0) is 0 Å². The second-order valence-electron chi connectivity index (χ2n) is 2.93. The average Bonchev–Trinajstić information content (AvgIpc) is 2.33. The Kier molecular flexibility index (Phi) is 1.16. The number of aromatic nitrogens is 1. The second kappa shape index (κ2) is 2.01. The van der Waals surface area contributed by atoms with Crippen LogP contribution in [0.2, 0.25) is 0 Å². The second-order valence-corrected chi connectivity index (χ2v) is 2.93. The third-order valence-electron chi connectivity index (χ3n) is 1.97. The van der Waals surface area contributed by atoms with Gasteiger partial charge in [-0.3, -0.25) is 0 Å². The third-order valence-corrected chi connectivity index (χ3v) is 1.97. The summed E-state index contributed by atoms with van der Waals surface area (Å²) in [4.78, 5) is 3.20. The third kappa shape index (κ3) is 0.783. The van der Waals surface area contributed by atoms with Gasteiger partial charge in [-0.1, -0.05) is 19.1 Å². The van der Waals surface area contributed by atoms with Crippen LogP contribution < -0.4 is 10.6 Å². The van der Waals surface area contributed by atoms with Crippen molar-refractivity contribution in [1.29, 1.82) is 0 Å². The van der Waals surface area contributed by atoms with Crippen molar-refractivity contribution in [2.45, 2.75) is 13.3 Å². The van der Waals surface area contributed by atoms with Crippen LogP contribution in [0.5, 0.6) is 0 Å². The molecular formula is C9H11N. The SMILES string of the molecule is CC1C=c2[nH]ccc2=CC1. The zero-order chi connectivity index (χ0) is 6.97. The molecule has 0 aliphatic heterocycles. The number of H-pyrrole nitrogens is 1. The molecule has 0 bridgehead atoms. The summed E-state index contributed by atoms with van der Waals surface area (Å²) in [6, 6.07) is 2.12. The lowest BCUT2D eigenvalue weighted by molar-refractivity contribution is 0.797. The molecule has 0 aromatic carbocycles. The van der Waals surface area contributed by atoms with Gasteiger partial charge < -0.3 is 4.98 Å². The van der Waals surface area contributed by atoms with Crippen molar-refractivity contribution >= 4 is 12.2 Å². The molecule has 1 aliphatic carbocycles. The molecule has 1 aliphatic rings. The van der Waals surface area contributed by atoms with E-state index in [1.54, 1.807) is 0 Å². The Morgan fingerprint density at radius 1 is 1.60 bits per heavy atom. The molecule has 1 nitrogen and oxygen atoms in total. The summed E-state index contributed by atoms with van der Waals surface area (Å²) in [6.07, 6.45) is 7.76. The number of fused-ring (bicyclic) bond motifs is 1. The molecule has 0 spiro atoms. The van der Waals surface area contributed by atoms with E-state index in [4.69, 9.17) is 0 Å². The summed E-state index contributed by atoms with van der Waals surface area (Å²) in [7, 11) is 0. The Balaban J connectivity index is 2.73. The molecule has 1 aromatic heterocycles. The molecule has 52 valence electrons. The van der Waals surface area contributed by atoms with E-state index < -0.39 is 0 Å². The Hall–Kier alpha value is -0.980. The normalized spacial score (nSPS) is 22.7. The fraction of sp³-hybridized carbons (Fsp3) is 0.333. The van der Waals surface area contributed by atoms with Crippen molar-refractivity contribution in [2.75, 3.05) is 0 Å². The lowest BCUT2D eigenvalue weighted by Gasteiger charge is -2.03. The summed E-state index contributed by atoms with van der Waals surface area (Å²) < 4.78 is 0. The van der Waals surface area contributed by atoms with Gasteiger partial charge in [-0.15, -0.1) is 0 Å². The highest BCUT2D eigenvalue weighted by molar-refractivity contribution is 5.37. The zero-order valence-electron chi connectivity index (χ0n) is 6.09. The average molecular weight is 133 g/mol. The first-order valence-electron chi connectivity index (χ1n) is 3.72. The minimum absolute atomic E-state index is 0.700. The largest absolute Gasteiger partial charge is 0.361 e. The maximum atomic E-state index is 3.20.